The summed E-state index contributed by atoms with van der Waals surface area (Å²) in [6, 6.07) is 19.4. The van der Waals surface area contributed by atoms with Gasteiger partial charge in [0.15, 0.2) is 11.6 Å². The Morgan fingerprint density at radius 1 is 0.932 bits per heavy atom. The highest BCUT2D eigenvalue weighted by Crippen LogP contribution is 2.30. The Balaban J connectivity index is 1.15. The zero-order chi connectivity index (χ0) is 30.6. The van der Waals surface area contributed by atoms with Crippen molar-refractivity contribution in [2.75, 3.05) is 31.5 Å². The van der Waals surface area contributed by atoms with Crippen LogP contribution in [0.5, 0.6) is 0 Å². The van der Waals surface area contributed by atoms with Crippen molar-refractivity contribution in [1.29, 1.82) is 0 Å². The normalized spacial score (nSPS) is 14.5. The van der Waals surface area contributed by atoms with Crippen LogP contribution in [0.25, 0.3) is 22.8 Å². The van der Waals surface area contributed by atoms with Crippen molar-refractivity contribution >= 4 is 17.5 Å². The van der Waals surface area contributed by atoms with E-state index in [-0.39, 0.29) is 23.3 Å². The highest BCUT2D eigenvalue weighted by atomic mass is 19.3. The molecule has 0 bridgehead atoms. The quantitative estimate of drug-likeness (QED) is 0.277. The van der Waals surface area contributed by atoms with Gasteiger partial charge in [-0.15, -0.1) is 10.2 Å². The minimum atomic E-state index is -2.89. The van der Waals surface area contributed by atoms with Crippen molar-refractivity contribution in [2.45, 2.75) is 19.5 Å². The fraction of sp³-hybridized carbons (Fsp3) is 0.233. The third-order valence-electron chi connectivity index (χ3n) is 7.14. The van der Waals surface area contributed by atoms with Crippen LogP contribution in [0, 0.1) is 0 Å². The first kappa shape index (κ1) is 28.7. The SMILES string of the molecule is CC(=O)Nc1cccc(-c2cnc(-c3ccnc(C(=O)N4CCN([C@H](c5ccccc5)c5nnn(C(F)F)n5)CC4)c3)o2)c1. The maximum atomic E-state index is 13.5. The summed E-state index contributed by atoms with van der Waals surface area (Å²) in [4.78, 5) is 37.6. The molecule has 224 valence electrons. The molecule has 1 aliphatic rings. The van der Waals surface area contributed by atoms with Gasteiger partial charge in [-0.25, -0.2) is 4.98 Å². The van der Waals surface area contributed by atoms with E-state index >= 15 is 0 Å². The number of benzene rings is 2. The molecular formula is C30H27F2N9O3. The zero-order valence-electron chi connectivity index (χ0n) is 23.5. The molecule has 0 saturated carbocycles. The molecule has 2 amide bonds. The van der Waals surface area contributed by atoms with Crippen LogP contribution in [0.4, 0.5) is 14.5 Å². The molecule has 0 aliphatic carbocycles. The number of hydrogen-bond donors (Lipinski definition) is 1. The minimum Gasteiger partial charge on any atom is -0.436 e. The summed E-state index contributed by atoms with van der Waals surface area (Å²) in [5.74, 6) is 0.560. The van der Waals surface area contributed by atoms with Gasteiger partial charge in [-0.1, -0.05) is 47.3 Å². The molecule has 1 atom stereocenters. The second kappa shape index (κ2) is 12.5. The molecule has 44 heavy (non-hydrogen) atoms. The number of tetrazole rings is 1. The lowest BCUT2D eigenvalue weighted by atomic mass is 10.0. The van der Waals surface area contributed by atoms with Crippen molar-refractivity contribution in [2.24, 2.45) is 0 Å². The zero-order valence-corrected chi connectivity index (χ0v) is 23.5. The molecule has 0 radical (unpaired) electrons. The summed E-state index contributed by atoms with van der Waals surface area (Å²) in [6.07, 6.45) is 3.12. The van der Waals surface area contributed by atoms with E-state index in [0.29, 0.717) is 53.9 Å². The summed E-state index contributed by atoms with van der Waals surface area (Å²) in [5, 5.41) is 14.1. The van der Waals surface area contributed by atoms with E-state index in [4.69, 9.17) is 4.42 Å². The topological polar surface area (TPSA) is 135 Å². The number of nitrogens with one attached hydrogen (secondary N) is 1. The smallest absolute Gasteiger partial charge is 0.350 e. The Kier molecular flexibility index (Phi) is 8.14. The molecule has 0 spiro atoms. The van der Waals surface area contributed by atoms with Crippen LogP contribution in [0.1, 0.15) is 41.4 Å². The lowest BCUT2D eigenvalue weighted by molar-refractivity contribution is -0.114. The number of hydrogen-bond acceptors (Lipinski definition) is 9. The maximum Gasteiger partial charge on any atom is 0.350 e. The Bertz CT molecular complexity index is 1770. The van der Waals surface area contributed by atoms with Gasteiger partial charge in [-0.05, 0) is 35.0 Å². The number of nitrogens with zero attached hydrogens (tertiary/aromatic N) is 8. The Morgan fingerprint density at radius 3 is 2.45 bits per heavy atom. The number of piperazine rings is 1. The molecule has 12 nitrogen and oxygen atoms in total. The number of anilines is 1. The molecule has 4 heterocycles. The Hall–Kier alpha value is -5.37. The highest BCUT2D eigenvalue weighted by molar-refractivity contribution is 5.93. The molecule has 5 aromatic rings. The van der Waals surface area contributed by atoms with Crippen LogP contribution in [0.15, 0.2) is 83.5 Å². The van der Waals surface area contributed by atoms with Crippen molar-refractivity contribution < 1.29 is 22.8 Å². The van der Waals surface area contributed by atoms with E-state index in [1.54, 1.807) is 41.4 Å². The third kappa shape index (κ3) is 6.20. The highest BCUT2D eigenvalue weighted by Gasteiger charge is 2.32. The number of carbonyl (C=O) groups excluding carboxylic acids is 2. The maximum absolute atomic E-state index is 13.5. The summed E-state index contributed by atoms with van der Waals surface area (Å²) in [7, 11) is 0. The lowest BCUT2D eigenvalue weighted by Gasteiger charge is -2.38. The van der Waals surface area contributed by atoms with Crippen molar-refractivity contribution in [1.82, 2.24) is 40.0 Å². The van der Waals surface area contributed by atoms with Gasteiger partial charge in [0.1, 0.15) is 5.69 Å². The molecule has 1 saturated heterocycles. The summed E-state index contributed by atoms with van der Waals surface area (Å²) in [5.41, 5.74) is 3.03. The average Bonchev–Trinajstić information content (AvgIpc) is 3.73. The van der Waals surface area contributed by atoms with Crippen LogP contribution >= 0.6 is 0 Å². The van der Waals surface area contributed by atoms with E-state index in [0.717, 1.165) is 11.1 Å². The lowest BCUT2D eigenvalue weighted by Crippen LogP contribution is -2.50. The molecule has 1 N–H and O–H groups in total. The minimum absolute atomic E-state index is 0.165. The van der Waals surface area contributed by atoms with E-state index in [1.165, 1.54) is 13.1 Å². The molecule has 2 aromatic carbocycles. The summed E-state index contributed by atoms with van der Waals surface area (Å²) in [6.45, 7) is 0.210. The second-order valence-corrected chi connectivity index (χ2v) is 10.1. The summed E-state index contributed by atoms with van der Waals surface area (Å²) < 4.78 is 32.3. The van der Waals surface area contributed by atoms with Crippen LogP contribution in [-0.4, -0.2) is 78.0 Å². The fourth-order valence-corrected chi connectivity index (χ4v) is 5.11. The second-order valence-electron chi connectivity index (χ2n) is 10.1. The van der Waals surface area contributed by atoms with Gasteiger partial charge < -0.3 is 14.6 Å². The van der Waals surface area contributed by atoms with Crippen LogP contribution in [-0.2, 0) is 4.79 Å². The number of oxazole rings is 1. The molecule has 14 heteroatoms. The number of amides is 2. The van der Waals surface area contributed by atoms with Gasteiger partial charge in [-0.2, -0.15) is 8.78 Å². The third-order valence-corrected chi connectivity index (χ3v) is 7.14. The van der Waals surface area contributed by atoms with Crippen LogP contribution in [0.3, 0.4) is 0 Å². The number of alkyl halides is 2. The van der Waals surface area contributed by atoms with Gasteiger partial charge in [-0.3, -0.25) is 19.5 Å². The largest absolute Gasteiger partial charge is 0.436 e. The van der Waals surface area contributed by atoms with Crippen LogP contribution < -0.4 is 5.32 Å². The number of pyridine rings is 1. The molecule has 1 aliphatic heterocycles. The molecular weight excluding hydrogens is 572 g/mol. The number of rotatable bonds is 8. The van der Waals surface area contributed by atoms with E-state index in [2.05, 4.69) is 30.7 Å². The van der Waals surface area contributed by atoms with Crippen molar-refractivity contribution in [3.8, 4) is 22.8 Å². The Morgan fingerprint density at radius 2 is 1.73 bits per heavy atom. The van der Waals surface area contributed by atoms with Gasteiger partial charge in [0, 0.05) is 56.1 Å². The average molecular weight is 600 g/mol. The Labute approximate surface area is 250 Å². The van der Waals surface area contributed by atoms with Crippen LogP contribution in [0.2, 0.25) is 0 Å². The fourth-order valence-electron chi connectivity index (χ4n) is 5.11. The number of carbonyl (C=O) groups is 2. The molecule has 6 rings (SSSR count). The monoisotopic (exact) mass is 599 g/mol. The molecule has 0 unspecified atom stereocenters. The first-order valence-corrected chi connectivity index (χ1v) is 13.8. The number of halogens is 2. The molecule has 1 fully saturated rings. The van der Waals surface area contributed by atoms with Crippen molar-refractivity contribution in [3.05, 3.63) is 96.2 Å². The van der Waals surface area contributed by atoms with E-state index in [9.17, 15) is 18.4 Å². The predicted molar refractivity (Wildman–Crippen MR) is 154 cm³/mol. The van der Waals surface area contributed by atoms with E-state index in [1.807, 2.05) is 41.3 Å². The molecule has 3 aromatic heterocycles. The van der Waals surface area contributed by atoms with Gasteiger partial charge in [0.25, 0.3) is 5.91 Å². The predicted octanol–water partition coefficient (Wildman–Crippen LogP) is 4.29. The van der Waals surface area contributed by atoms with E-state index < -0.39 is 12.6 Å². The summed E-state index contributed by atoms with van der Waals surface area (Å²) >= 11 is 0. The number of aromatic nitrogens is 6. The van der Waals surface area contributed by atoms with Gasteiger partial charge >= 0.3 is 6.55 Å². The first-order chi connectivity index (χ1) is 21.4. The first-order valence-electron chi connectivity index (χ1n) is 13.8. The van der Waals surface area contributed by atoms with Crippen molar-refractivity contribution in [3.63, 3.8) is 0 Å². The van der Waals surface area contributed by atoms with Gasteiger partial charge in [0.05, 0.1) is 12.2 Å². The van der Waals surface area contributed by atoms with Gasteiger partial charge in [0.2, 0.25) is 11.8 Å². The standard InChI is InChI=1S/C30H27F2N9O3/c1-19(42)35-23-9-5-8-21(16-23)25-18-34-28(44-25)22-10-11-33-24(17-22)29(43)40-14-12-39(13-15-40)26(20-6-3-2-4-7-20)27-36-38-41(37-27)30(31)32/h2-11,16-18,26,30H,12-15H2,1H3,(H,35,42)/t26-/m1/s1.